The Morgan fingerprint density at radius 3 is 2.82 bits per heavy atom. The number of fused-ring (bicyclic) bond motifs is 2. The number of aryl methyl sites for hydroxylation is 1. The second-order valence-electron chi connectivity index (χ2n) is 6.95. The molecule has 7 heteroatoms. The summed E-state index contributed by atoms with van der Waals surface area (Å²) in [5.74, 6) is 0.674. The molecule has 7 nitrogen and oxygen atoms in total. The third kappa shape index (κ3) is 3.51. The minimum atomic E-state index is -0.188. The van der Waals surface area contributed by atoms with Crippen LogP contribution in [-0.2, 0) is 11.3 Å². The van der Waals surface area contributed by atoms with E-state index in [1.54, 1.807) is 36.4 Å². The summed E-state index contributed by atoms with van der Waals surface area (Å²) in [6.45, 7) is 4.28. The molecule has 4 rings (SSSR count). The smallest absolute Gasteiger partial charge is 0.261 e. The van der Waals surface area contributed by atoms with Gasteiger partial charge in [-0.3, -0.25) is 14.2 Å². The van der Waals surface area contributed by atoms with Gasteiger partial charge >= 0.3 is 0 Å². The van der Waals surface area contributed by atoms with Gasteiger partial charge in [-0.25, -0.2) is 9.97 Å². The summed E-state index contributed by atoms with van der Waals surface area (Å²) in [6.07, 6.45) is 1.64. The van der Waals surface area contributed by atoms with E-state index in [2.05, 4.69) is 15.3 Å². The van der Waals surface area contributed by atoms with Gasteiger partial charge in [-0.05, 0) is 30.3 Å². The van der Waals surface area contributed by atoms with E-state index in [4.69, 9.17) is 4.42 Å². The number of carbonyl (C=O) groups excluding carboxylic acids is 1. The van der Waals surface area contributed by atoms with Crippen molar-refractivity contribution in [2.45, 2.75) is 32.7 Å². The molecule has 0 aliphatic carbocycles. The lowest BCUT2D eigenvalue weighted by atomic mass is 10.2. The highest BCUT2D eigenvalue weighted by molar-refractivity contribution is 5.92. The third-order valence-electron chi connectivity index (χ3n) is 4.49. The van der Waals surface area contributed by atoms with Gasteiger partial charge < -0.3 is 9.73 Å². The third-order valence-corrected chi connectivity index (χ3v) is 4.49. The Bertz CT molecular complexity index is 1220. The van der Waals surface area contributed by atoms with Crippen molar-refractivity contribution >= 4 is 33.6 Å². The minimum absolute atomic E-state index is 0.149. The maximum absolute atomic E-state index is 12.5. The summed E-state index contributed by atoms with van der Waals surface area (Å²) < 4.78 is 7.13. The molecule has 1 N–H and O–H groups in total. The number of para-hydroxylation sites is 1. The number of hydrogen-bond donors (Lipinski definition) is 1. The molecule has 28 heavy (non-hydrogen) atoms. The van der Waals surface area contributed by atoms with Gasteiger partial charge in [-0.1, -0.05) is 26.0 Å². The van der Waals surface area contributed by atoms with Crippen molar-refractivity contribution in [1.29, 1.82) is 0 Å². The van der Waals surface area contributed by atoms with Crippen LogP contribution in [0.2, 0.25) is 0 Å². The molecule has 2 aromatic carbocycles. The molecule has 2 heterocycles. The Kier molecular flexibility index (Phi) is 4.65. The zero-order chi connectivity index (χ0) is 19.7. The van der Waals surface area contributed by atoms with Crippen LogP contribution in [0.3, 0.4) is 0 Å². The summed E-state index contributed by atoms with van der Waals surface area (Å²) >= 11 is 0. The van der Waals surface area contributed by atoms with Gasteiger partial charge in [-0.2, -0.15) is 0 Å². The summed E-state index contributed by atoms with van der Waals surface area (Å²) in [5.41, 5.74) is 2.54. The number of aromatic nitrogens is 3. The molecule has 0 unspecified atom stereocenters. The van der Waals surface area contributed by atoms with E-state index in [9.17, 15) is 9.59 Å². The molecule has 0 bridgehead atoms. The van der Waals surface area contributed by atoms with Crippen molar-refractivity contribution in [1.82, 2.24) is 14.5 Å². The number of nitrogens with one attached hydrogen (secondary N) is 1. The molecular weight excluding hydrogens is 356 g/mol. The number of amides is 1. The molecule has 2 aromatic heterocycles. The van der Waals surface area contributed by atoms with Crippen LogP contribution in [0, 0.1) is 0 Å². The molecule has 0 saturated carbocycles. The lowest BCUT2D eigenvalue weighted by Crippen LogP contribution is -2.23. The van der Waals surface area contributed by atoms with Crippen LogP contribution in [-0.4, -0.2) is 20.4 Å². The van der Waals surface area contributed by atoms with E-state index in [0.717, 1.165) is 0 Å². The predicted octanol–water partition coefficient (Wildman–Crippen LogP) is 3.69. The first-order chi connectivity index (χ1) is 13.5. The van der Waals surface area contributed by atoms with Gasteiger partial charge in [0.15, 0.2) is 11.5 Å². The fourth-order valence-electron chi connectivity index (χ4n) is 2.98. The highest BCUT2D eigenvalue weighted by Gasteiger charge is 2.11. The molecule has 142 valence electrons. The van der Waals surface area contributed by atoms with Crippen molar-refractivity contribution in [3.63, 3.8) is 0 Å². The van der Waals surface area contributed by atoms with Crippen molar-refractivity contribution in [2.75, 3.05) is 5.32 Å². The fourth-order valence-corrected chi connectivity index (χ4v) is 2.98. The van der Waals surface area contributed by atoms with E-state index in [1.807, 2.05) is 19.9 Å². The molecule has 0 spiro atoms. The number of nitrogens with zero attached hydrogens (tertiary/aromatic N) is 3. The summed E-state index contributed by atoms with van der Waals surface area (Å²) in [6, 6.07) is 12.5. The monoisotopic (exact) mass is 376 g/mol. The van der Waals surface area contributed by atoms with Crippen molar-refractivity contribution in [2.24, 2.45) is 0 Å². The van der Waals surface area contributed by atoms with Crippen LogP contribution in [0.5, 0.6) is 0 Å². The van der Waals surface area contributed by atoms with Crippen LogP contribution in [0.15, 0.2) is 58.0 Å². The molecule has 1 amide bonds. The van der Waals surface area contributed by atoms with E-state index in [1.165, 1.54) is 10.9 Å². The van der Waals surface area contributed by atoms with Gasteiger partial charge in [0.05, 0.1) is 17.2 Å². The zero-order valence-electron chi connectivity index (χ0n) is 15.7. The first-order valence-corrected chi connectivity index (χ1v) is 9.16. The quantitative estimate of drug-likeness (QED) is 0.574. The van der Waals surface area contributed by atoms with Crippen LogP contribution in [0.25, 0.3) is 22.0 Å². The average Bonchev–Trinajstić information content (AvgIpc) is 3.11. The van der Waals surface area contributed by atoms with Gasteiger partial charge in [-0.15, -0.1) is 0 Å². The summed E-state index contributed by atoms with van der Waals surface area (Å²) in [7, 11) is 0. The van der Waals surface area contributed by atoms with Gasteiger partial charge in [0.25, 0.3) is 5.56 Å². The molecule has 0 aliphatic heterocycles. The SMILES string of the molecule is CC(C)c1nc2cc(NC(=O)CCn3cnc4ccccc4c3=O)ccc2o1. The minimum Gasteiger partial charge on any atom is -0.440 e. The second kappa shape index (κ2) is 7.26. The van der Waals surface area contributed by atoms with Crippen LogP contribution < -0.4 is 10.9 Å². The Balaban J connectivity index is 1.45. The number of hydrogen-bond acceptors (Lipinski definition) is 5. The lowest BCUT2D eigenvalue weighted by Gasteiger charge is -2.07. The molecule has 0 saturated heterocycles. The average molecular weight is 376 g/mol. The summed E-state index contributed by atoms with van der Waals surface area (Å²) in [5, 5.41) is 3.39. The summed E-state index contributed by atoms with van der Waals surface area (Å²) in [4.78, 5) is 33.5. The van der Waals surface area contributed by atoms with Gasteiger partial charge in [0.2, 0.25) is 5.91 Å². The number of rotatable bonds is 5. The Hall–Kier alpha value is -3.48. The molecule has 4 aromatic rings. The Labute approximate surface area is 161 Å². The van der Waals surface area contributed by atoms with Crippen molar-refractivity contribution in [3.8, 4) is 0 Å². The standard InChI is InChI=1S/C21H20N4O3/c1-13(2)20-24-17-11-14(7-8-18(17)28-20)23-19(26)9-10-25-12-22-16-6-4-3-5-15(16)21(25)27/h3-8,11-13H,9-10H2,1-2H3,(H,23,26). The number of benzene rings is 2. The number of anilines is 1. The molecule has 0 fully saturated rings. The largest absolute Gasteiger partial charge is 0.440 e. The predicted molar refractivity (Wildman–Crippen MR) is 107 cm³/mol. The first kappa shape index (κ1) is 17.9. The van der Waals surface area contributed by atoms with E-state index >= 15 is 0 Å². The highest BCUT2D eigenvalue weighted by Crippen LogP contribution is 2.23. The first-order valence-electron chi connectivity index (χ1n) is 9.16. The van der Waals surface area contributed by atoms with E-state index in [0.29, 0.717) is 33.6 Å². The van der Waals surface area contributed by atoms with Crippen molar-refractivity contribution < 1.29 is 9.21 Å². The molecule has 0 radical (unpaired) electrons. The second-order valence-corrected chi connectivity index (χ2v) is 6.95. The number of oxazole rings is 1. The van der Waals surface area contributed by atoms with E-state index < -0.39 is 0 Å². The van der Waals surface area contributed by atoms with Gasteiger partial charge in [0.1, 0.15) is 5.52 Å². The molecule has 0 atom stereocenters. The maximum Gasteiger partial charge on any atom is 0.261 e. The van der Waals surface area contributed by atoms with Crippen molar-refractivity contribution in [3.05, 3.63) is 65.0 Å². The Morgan fingerprint density at radius 1 is 1.18 bits per heavy atom. The molecule has 0 aliphatic rings. The molecular formula is C21H20N4O3. The lowest BCUT2D eigenvalue weighted by molar-refractivity contribution is -0.116. The highest BCUT2D eigenvalue weighted by atomic mass is 16.3. The maximum atomic E-state index is 12.5. The Morgan fingerprint density at radius 2 is 2.00 bits per heavy atom. The van der Waals surface area contributed by atoms with E-state index in [-0.39, 0.29) is 30.3 Å². The van der Waals surface area contributed by atoms with Crippen LogP contribution >= 0.6 is 0 Å². The topological polar surface area (TPSA) is 90.0 Å². The fraction of sp³-hybridized carbons (Fsp3) is 0.238. The van der Waals surface area contributed by atoms with Crippen LogP contribution in [0.1, 0.15) is 32.1 Å². The van der Waals surface area contributed by atoms with Gasteiger partial charge in [0, 0.05) is 24.6 Å². The normalized spacial score (nSPS) is 11.4. The number of carbonyl (C=O) groups is 1. The van der Waals surface area contributed by atoms with Crippen LogP contribution in [0.4, 0.5) is 5.69 Å². The zero-order valence-corrected chi connectivity index (χ0v) is 15.7.